The van der Waals surface area contributed by atoms with Gasteiger partial charge >= 0.3 is 0 Å². The van der Waals surface area contributed by atoms with Gasteiger partial charge in [0.2, 0.25) is 0 Å². The van der Waals surface area contributed by atoms with Crippen LogP contribution in [0.2, 0.25) is 0 Å². The van der Waals surface area contributed by atoms with E-state index in [1.807, 2.05) is 0 Å². The van der Waals surface area contributed by atoms with Crippen LogP contribution in [0.3, 0.4) is 0 Å². The molecule has 0 saturated heterocycles. The zero-order chi connectivity index (χ0) is 26.8. The van der Waals surface area contributed by atoms with E-state index in [1.54, 1.807) is 0 Å². The largest absolute Gasteiger partial charge is 0.357 e. The lowest BCUT2D eigenvalue weighted by molar-refractivity contribution is 0.157. The van der Waals surface area contributed by atoms with E-state index in [4.69, 9.17) is 4.99 Å². The van der Waals surface area contributed by atoms with E-state index in [0.29, 0.717) is 11.8 Å². The highest BCUT2D eigenvalue weighted by Gasteiger charge is 2.50. The van der Waals surface area contributed by atoms with Crippen molar-refractivity contribution in [2.75, 3.05) is 11.9 Å². The van der Waals surface area contributed by atoms with Gasteiger partial charge in [0.1, 0.15) is 12.0 Å². The molecule has 0 spiro atoms. The zero-order valence-corrected chi connectivity index (χ0v) is 23.0. The lowest BCUT2D eigenvalue weighted by atomic mass is 9.78. The summed E-state index contributed by atoms with van der Waals surface area (Å²) in [6.45, 7) is 2.27. The van der Waals surface area contributed by atoms with Crippen molar-refractivity contribution in [2.24, 2.45) is 22.7 Å². The topological polar surface area (TPSA) is 22.1 Å². The lowest BCUT2D eigenvalue weighted by Gasteiger charge is -2.44. The van der Waals surface area contributed by atoms with Crippen LogP contribution in [-0.2, 0) is 0 Å². The standard InChI is InChI=1S/C36H34N4/c1-24-12-11-23-38(2)36(24)40-31-19-9-5-15-27(31)34-26-14-4-8-18-30(26)39(32-20-10-6-16-28(32)35(34)40)33-22-21-25-13-3-7-17-29(25)37-33/h3-23,25-27,29-31,36H,1-2H3. The monoisotopic (exact) mass is 522 g/mol. The van der Waals surface area contributed by atoms with Crippen LogP contribution < -0.4 is 4.90 Å². The van der Waals surface area contributed by atoms with Crippen LogP contribution in [-0.4, -0.2) is 47.0 Å². The fraction of sp³-hybridized carbons (Fsp3) is 0.250. The van der Waals surface area contributed by atoms with E-state index in [2.05, 4.69) is 156 Å². The van der Waals surface area contributed by atoms with E-state index < -0.39 is 0 Å². The first kappa shape index (κ1) is 23.6. The van der Waals surface area contributed by atoms with Crippen LogP contribution in [0, 0.1) is 17.8 Å². The summed E-state index contributed by atoms with van der Waals surface area (Å²) >= 11 is 0. The van der Waals surface area contributed by atoms with Gasteiger partial charge in [0.15, 0.2) is 0 Å². The first-order valence-corrected chi connectivity index (χ1v) is 14.5. The average Bonchev–Trinajstić information content (AvgIpc) is 3.25. The Labute approximate surface area is 237 Å². The molecular weight excluding hydrogens is 488 g/mol. The summed E-state index contributed by atoms with van der Waals surface area (Å²) in [7, 11) is 2.21. The molecule has 8 rings (SSSR count). The molecule has 40 heavy (non-hydrogen) atoms. The predicted molar refractivity (Wildman–Crippen MR) is 165 cm³/mol. The Kier molecular flexibility index (Phi) is 5.38. The molecule has 4 heteroatoms. The third-order valence-electron chi connectivity index (χ3n) is 9.38. The van der Waals surface area contributed by atoms with Crippen molar-refractivity contribution in [2.45, 2.75) is 31.2 Å². The number of amidine groups is 1. The molecule has 0 saturated carbocycles. The molecule has 0 aromatic heterocycles. The van der Waals surface area contributed by atoms with Gasteiger partial charge in [0.05, 0.1) is 23.8 Å². The Hall–Kier alpha value is -4.31. The molecule has 0 N–H and O–H groups in total. The Morgan fingerprint density at radius 3 is 2.33 bits per heavy atom. The van der Waals surface area contributed by atoms with Crippen molar-refractivity contribution >= 4 is 17.2 Å². The van der Waals surface area contributed by atoms with Gasteiger partial charge in [0, 0.05) is 42.3 Å². The van der Waals surface area contributed by atoms with Gasteiger partial charge in [-0.15, -0.1) is 0 Å². The Morgan fingerprint density at radius 1 is 0.750 bits per heavy atom. The fourth-order valence-corrected chi connectivity index (χ4v) is 7.71. The predicted octanol–water partition coefficient (Wildman–Crippen LogP) is 6.57. The molecule has 4 aliphatic heterocycles. The normalized spacial score (nSPS) is 34.2. The molecule has 4 heterocycles. The second-order valence-electron chi connectivity index (χ2n) is 11.6. The van der Waals surface area contributed by atoms with Crippen LogP contribution in [0.4, 0.5) is 5.69 Å². The number of allylic oxidation sites excluding steroid dienone is 8. The van der Waals surface area contributed by atoms with Gasteiger partial charge in [-0.1, -0.05) is 103 Å². The highest BCUT2D eigenvalue weighted by atomic mass is 15.4. The molecule has 1 aromatic rings. The number of hydrogen-bond donors (Lipinski definition) is 0. The minimum atomic E-state index is 0.141. The van der Waals surface area contributed by atoms with Crippen molar-refractivity contribution < 1.29 is 0 Å². The van der Waals surface area contributed by atoms with Crippen LogP contribution in [0.5, 0.6) is 0 Å². The van der Waals surface area contributed by atoms with Gasteiger partial charge < -0.3 is 14.7 Å². The molecule has 3 aliphatic carbocycles. The maximum absolute atomic E-state index is 5.34. The number of rotatable bonds is 1. The fourth-order valence-electron chi connectivity index (χ4n) is 7.71. The lowest BCUT2D eigenvalue weighted by Crippen LogP contribution is -2.49. The van der Waals surface area contributed by atoms with Crippen LogP contribution in [0.15, 0.2) is 144 Å². The van der Waals surface area contributed by atoms with Gasteiger partial charge in [-0.25, -0.2) is 0 Å². The summed E-state index contributed by atoms with van der Waals surface area (Å²) in [4.78, 5) is 12.9. The summed E-state index contributed by atoms with van der Waals surface area (Å²) in [6, 6.07) is 9.56. The number of nitrogens with zero attached hydrogens (tertiary/aromatic N) is 4. The summed E-state index contributed by atoms with van der Waals surface area (Å²) < 4.78 is 0. The van der Waals surface area contributed by atoms with Crippen molar-refractivity contribution in [3.8, 4) is 0 Å². The second-order valence-corrected chi connectivity index (χ2v) is 11.6. The number of likely N-dealkylation sites (N-methyl/N-ethyl adjacent to an activating group) is 1. The zero-order valence-electron chi connectivity index (χ0n) is 23.0. The Balaban J connectivity index is 1.35. The molecule has 198 valence electrons. The maximum atomic E-state index is 5.34. The van der Waals surface area contributed by atoms with E-state index in [1.165, 1.54) is 28.1 Å². The Bertz CT molecular complexity index is 1590. The molecule has 0 fully saturated rings. The van der Waals surface area contributed by atoms with Crippen molar-refractivity contribution in [1.29, 1.82) is 0 Å². The third kappa shape index (κ3) is 3.41. The minimum absolute atomic E-state index is 0.141. The Morgan fingerprint density at radius 2 is 1.48 bits per heavy atom. The molecule has 4 nitrogen and oxygen atoms in total. The SMILES string of the molecule is CC1=CC=CN(C)C1N1C2=C(C3C=CC=CC3N(C3=NC4C=CC=CC4C=C3)c3ccccc32)C2C=CC=CC21. The molecule has 1 aromatic carbocycles. The van der Waals surface area contributed by atoms with Crippen LogP contribution in [0.25, 0.3) is 5.70 Å². The van der Waals surface area contributed by atoms with E-state index in [-0.39, 0.29) is 30.2 Å². The first-order chi connectivity index (χ1) is 19.7. The van der Waals surface area contributed by atoms with Gasteiger partial charge in [-0.3, -0.25) is 4.99 Å². The average molecular weight is 523 g/mol. The quantitative estimate of drug-likeness (QED) is 0.417. The highest BCUT2D eigenvalue weighted by Crippen LogP contribution is 2.54. The molecule has 7 aliphatic rings. The highest BCUT2D eigenvalue weighted by molar-refractivity contribution is 6.09. The number of benzene rings is 1. The number of dihydropyridines is 1. The molecule has 7 unspecified atom stereocenters. The van der Waals surface area contributed by atoms with Crippen molar-refractivity contribution in [3.05, 3.63) is 144 Å². The molecular formula is C36H34N4. The van der Waals surface area contributed by atoms with E-state index in [0.717, 1.165) is 5.84 Å². The van der Waals surface area contributed by atoms with Gasteiger partial charge in [-0.05, 0) is 36.3 Å². The number of anilines is 1. The van der Waals surface area contributed by atoms with E-state index >= 15 is 0 Å². The molecule has 0 amide bonds. The number of fused-ring (bicyclic) bond motifs is 7. The number of para-hydroxylation sites is 1. The summed E-state index contributed by atoms with van der Waals surface area (Å²) in [6.07, 6.45) is 38.7. The summed E-state index contributed by atoms with van der Waals surface area (Å²) in [5, 5.41) is 0. The third-order valence-corrected chi connectivity index (χ3v) is 9.38. The smallest absolute Gasteiger partial charge is 0.128 e. The van der Waals surface area contributed by atoms with Crippen molar-refractivity contribution in [1.82, 2.24) is 9.80 Å². The van der Waals surface area contributed by atoms with Crippen LogP contribution in [0.1, 0.15) is 12.5 Å². The maximum Gasteiger partial charge on any atom is 0.128 e. The first-order valence-electron chi connectivity index (χ1n) is 14.5. The minimum Gasteiger partial charge on any atom is -0.357 e. The summed E-state index contributed by atoms with van der Waals surface area (Å²) in [5.41, 5.74) is 6.76. The molecule has 7 atom stereocenters. The second kappa shape index (κ2) is 9.12. The van der Waals surface area contributed by atoms with Gasteiger partial charge in [-0.2, -0.15) is 0 Å². The number of hydrogen-bond acceptors (Lipinski definition) is 4. The molecule has 0 radical (unpaired) electrons. The number of aliphatic imine (C=N–C) groups is 1. The van der Waals surface area contributed by atoms with Gasteiger partial charge in [0.25, 0.3) is 0 Å². The van der Waals surface area contributed by atoms with E-state index in [9.17, 15) is 0 Å². The van der Waals surface area contributed by atoms with Crippen LogP contribution >= 0.6 is 0 Å². The molecule has 0 bridgehead atoms. The van der Waals surface area contributed by atoms with Crippen molar-refractivity contribution in [3.63, 3.8) is 0 Å². The summed E-state index contributed by atoms with van der Waals surface area (Å²) in [5.74, 6) is 1.91.